The second kappa shape index (κ2) is 8.54. The molecule has 9 heteroatoms. The highest BCUT2D eigenvalue weighted by molar-refractivity contribution is 7.18. The summed E-state index contributed by atoms with van der Waals surface area (Å²) in [6.07, 6.45) is 2.85. The number of hydrogen-bond donors (Lipinski definition) is 1. The number of aryl methyl sites for hydroxylation is 1. The van der Waals surface area contributed by atoms with Gasteiger partial charge in [-0.3, -0.25) is 9.59 Å². The van der Waals surface area contributed by atoms with E-state index in [0.29, 0.717) is 33.3 Å². The summed E-state index contributed by atoms with van der Waals surface area (Å²) in [6, 6.07) is 5.09. The van der Waals surface area contributed by atoms with Crippen LogP contribution in [0.25, 0.3) is 10.2 Å². The van der Waals surface area contributed by atoms with Gasteiger partial charge in [-0.15, -0.1) is 16.4 Å². The van der Waals surface area contributed by atoms with Gasteiger partial charge in [-0.2, -0.15) is 0 Å². The van der Waals surface area contributed by atoms with Crippen LogP contribution in [0.3, 0.4) is 0 Å². The minimum absolute atomic E-state index is 0.223. The Balaban J connectivity index is 1.58. The predicted octanol–water partition coefficient (Wildman–Crippen LogP) is 3.66. The van der Waals surface area contributed by atoms with E-state index in [0.717, 1.165) is 29.5 Å². The van der Waals surface area contributed by atoms with Gasteiger partial charge in [0.05, 0.1) is 25.3 Å². The lowest BCUT2D eigenvalue weighted by Crippen LogP contribution is -2.31. The zero-order valence-electron chi connectivity index (χ0n) is 19.0. The van der Waals surface area contributed by atoms with Crippen molar-refractivity contribution >= 4 is 33.1 Å². The lowest BCUT2D eigenvalue weighted by Gasteiger charge is -2.33. The van der Waals surface area contributed by atoms with Gasteiger partial charge >= 0.3 is 0 Å². The average Bonchev–Trinajstić information content (AvgIpc) is 3.14. The molecule has 0 unspecified atom stereocenters. The summed E-state index contributed by atoms with van der Waals surface area (Å²) in [7, 11) is 3.07. The van der Waals surface area contributed by atoms with Gasteiger partial charge in [0.25, 0.3) is 5.56 Å². The van der Waals surface area contributed by atoms with Crippen LogP contribution >= 0.6 is 11.3 Å². The van der Waals surface area contributed by atoms with Crippen LogP contribution in [0.15, 0.2) is 23.0 Å². The number of carbonyl (C=O) groups excluding carboxylic acids is 1. The lowest BCUT2D eigenvalue weighted by atomic mass is 9.72. The van der Waals surface area contributed by atoms with E-state index >= 15 is 0 Å². The number of carbonyl (C=O) groups is 1. The van der Waals surface area contributed by atoms with Crippen LogP contribution in [0.5, 0.6) is 11.5 Å². The fourth-order valence-electron chi connectivity index (χ4n) is 4.20. The normalized spacial score (nSPS) is 16.0. The van der Waals surface area contributed by atoms with Gasteiger partial charge in [0, 0.05) is 10.9 Å². The molecule has 1 aliphatic rings. The van der Waals surface area contributed by atoms with E-state index in [1.165, 1.54) is 12.0 Å². The van der Waals surface area contributed by atoms with Crippen molar-refractivity contribution in [3.63, 3.8) is 0 Å². The van der Waals surface area contributed by atoms with Crippen molar-refractivity contribution in [1.82, 2.24) is 15.0 Å². The SMILES string of the molecule is COc1ccc(NC(=O)Cn2nnc3sc4c(c3c2=O)CC[C@@H](C(C)(C)C)C4)c(OC)c1. The molecule has 1 N–H and O–H groups in total. The van der Waals surface area contributed by atoms with E-state index in [4.69, 9.17) is 9.47 Å². The molecule has 170 valence electrons. The summed E-state index contributed by atoms with van der Waals surface area (Å²) in [6.45, 7) is 6.56. The number of benzene rings is 1. The maximum atomic E-state index is 13.2. The van der Waals surface area contributed by atoms with Gasteiger partial charge in [0.2, 0.25) is 5.91 Å². The van der Waals surface area contributed by atoms with E-state index < -0.39 is 0 Å². The fourth-order valence-corrected chi connectivity index (χ4v) is 5.43. The van der Waals surface area contributed by atoms with Crippen molar-refractivity contribution in [2.75, 3.05) is 19.5 Å². The van der Waals surface area contributed by atoms with Crippen LogP contribution in [0, 0.1) is 11.3 Å². The Hall–Kier alpha value is -2.94. The minimum atomic E-state index is -0.388. The van der Waals surface area contributed by atoms with E-state index in [-0.39, 0.29) is 23.4 Å². The molecular weight excluding hydrogens is 428 g/mol. The molecule has 8 nitrogen and oxygen atoms in total. The Morgan fingerprint density at radius 2 is 2.06 bits per heavy atom. The average molecular weight is 457 g/mol. The zero-order valence-corrected chi connectivity index (χ0v) is 19.8. The van der Waals surface area contributed by atoms with Crippen molar-refractivity contribution in [1.29, 1.82) is 0 Å². The monoisotopic (exact) mass is 456 g/mol. The second-order valence-electron chi connectivity index (χ2n) is 9.16. The number of amides is 1. The molecule has 2 aromatic heterocycles. The highest BCUT2D eigenvalue weighted by atomic mass is 32.1. The molecule has 1 amide bonds. The van der Waals surface area contributed by atoms with Crippen LogP contribution in [0.4, 0.5) is 5.69 Å². The van der Waals surface area contributed by atoms with Gasteiger partial charge in [-0.05, 0) is 48.3 Å². The number of thiophene rings is 1. The van der Waals surface area contributed by atoms with Crippen molar-refractivity contribution in [2.45, 2.75) is 46.6 Å². The van der Waals surface area contributed by atoms with Crippen LogP contribution in [-0.4, -0.2) is 35.1 Å². The number of fused-ring (bicyclic) bond motifs is 3. The summed E-state index contributed by atoms with van der Waals surface area (Å²) in [4.78, 5) is 27.7. The minimum Gasteiger partial charge on any atom is -0.497 e. The summed E-state index contributed by atoms with van der Waals surface area (Å²) >= 11 is 1.56. The Morgan fingerprint density at radius 1 is 1.28 bits per heavy atom. The predicted molar refractivity (Wildman–Crippen MR) is 125 cm³/mol. The van der Waals surface area contributed by atoms with Gasteiger partial charge in [-0.1, -0.05) is 26.0 Å². The second-order valence-corrected chi connectivity index (χ2v) is 10.2. The maximum absolute atomic E-state index is 13.2. The Morgan fingerprint density at radius 3 is 2.75 bits per heavy atom. The topological polar surface area (TPSA) is 95.3 Å². The number of rotatable bonds is 5. The van der Waals surface area contributed by atoms with Gasteiger partial charge in [0.15, 0.2) is 4.83 Å². The number of anilines is 1. The van der Waals surface area contributed by atoms with Crippen molar-refractivity contribution in [3.05, 3.63) is 39.0 Å². The summed E-state index contributed by atoms with van der Waals surface area (Å²) in [5, 5.41) is 11.7. The first-order valence-electron chi connectivity index (χ1n) is 10.6. The molecule has 0 saturated heterocycles. The Labute approximate surface area is 190 Å². The quantitative estimate of drug-likeness (QED) is 0.630. The summed E-state index contributed by atoms with van der Waals surface area (Å²) < 4.78 is 11.6. The zero-order chi connectivity index (χ0) is 23.0. The number of hydrogen-bond acceptors (Lipinski definition) is 7. The Bertz CT molecular complexity index is 1230. The molecule has 0 spiro atoms. The highest BCUT2D eigenvalue weighted by Gasteiger charge is 2.32. The molecule has 1 atom stereocenters. The van der Waals surface area contributed by atoms with Gasteiger partial charge < -0.3 is 14.8 Å². The Kier molecular flexibility index (Phi) is 5.94. The molecule has 0 aliphatic heterocycles. The molecule has 0 radical (unpaired) electrons. The third-order valence-electron chi connectivity index (χ3n) is 6.14. The molecule has 1 aromatic carbocycles. The molecule has 4 rings (SSSR count). The van der Waals surface area contributed by atoms with E-state index in [1.807, 2.05) is 0 Å². The molecule has 1 aliphatic carbocycles. The molecule has 32 heavy (non-hydrogen) atoms. The molecule has 2 heterocycles. The number of methoxy groups -OCH3 is 2. The van der Waals surface area contributed by atoms with Crippen LogP contribution in [-0.2, 0) is 24.2 Å². The number of aromatic nitrogens is 3. The molecule has 0 bridgehead atoms. The third kappa shape index (κ3) is 4.21. The smallest absolute Gasteiger partial charge is 0.279 e. The van der Waals surface area contributed by atoms with Gasteiger partial charge in [0.1, 0.15) is 18.0 Å². The largest absolute Gasteiger partial charge is 0.497 e. The summed E-state index contributed by atoms with van der Waals surface area (Å²) in [5.74, 6) is 1.26. The van der Waals surface area contributed by atoms with Crippen molar-refractivity contribution < 1.29 is 14.3 Å². The highest BCUT2D eigenvalue weighted by Crippen LogP contribution is 2.41. The van der Waals surface area contributed by atoms with Crippen LogP contribution in [0.2, 0.25) is 0 Å². The number of nitrogens with zero attached hydrogens (tertiary/aromatic N) is 3. The lowest BCUT2D eigenvalue weighted by molar-refractivity contribution is -0.117. The first kappa shape index (κ1) is 22.3. The van der Waals surface area contributed by atoms with Gasteiger partial charge in [-0.25, -0.2) is 4.68 Å². The molecule has 3 aromatic rings. The van der Waals surface area contributed by atoms with E-state index in [2.05, 4.69) is 36.4 Å². The first-order chi connectivity index (χ1) is 15.2. The number of nitrogens with one attached hydrogen (secondary N) is 1. The maximum Gasteiger partial charge on any atom is 0.279 e. The van der Waals surface area contributed by atoms with Crippen LogP contribution < -0.4 is 20.3 Å². The standard InChI is InChI=1S/C23H28N4O4S/c1-23(2,3)13-6-8-15-18(10-13)32-21-20(15)22(29)27(26-25-21)12-19(28)24-16-9-7-14(30-4)11-17(16)31-5/h7,9,11,13H,6,8,10,12H2,1-5H3,(H,24,28)/t13-/m1/s1. The molecule has 0 fully saturated rings. The van der Waals surface area contributed by atoms with Crippen molar-refractivity contribution in [3.8, 4) is 11.5 Å². The molecular formula is C23H28N4O4S. The van der Waals surface area contributed by atoms with Crippen molar-refractivity contribution in [2.24, 2.45) is 11.3 Å². The fraction of sp³-hybridized carbons (Fsp3) is 0.478. The van der Waals surface area contributed by atoms with E-state index in [1.54, 1.807) is 36.6 Å². The first-order valence-corrected chi connectivity index (χ1v) is 11.4. The molecule has 0 saturated carbocycles. The number of ether oxygens (including phenoxy) is 2. The van der Waals surface area contributed by atoms with Crippen LogP contribution in [0.1, 0.15) is 37.6 Å². The van der Waals surface area contributed by atoms with E-state index in [9.17, 15) is 9.59 Å². The third-order valence-corrected chi connectivity index (χ3v) is 7.28. The summed E-state index contributed by atoms with van der Waals surface area (Å²) in [5.41, 5.74) is 1.52.